The highest BCUT2D eigenvalue weighted by Gasteiger charge is 2.35. The highest BCUT2D eigenvalue weighted by Crippen LogP contribution is 2.29. The Morgan fingerprint density at radius 1 is 1.38 bits per heavy atom. The van der Waals surface area contributed by atoms with Crippen LogP contribution in [-0.4, -0.2) is 45.4 Å². The van der Waals surface area contributed by atoms with Gasteiger partial charge in [-0.1, -0.05) is 19.8 Å². The monoisotopic (exact) mass is 332 g/mol. The molecular formula is C18H28N4O2. The van der Waals surface area contributed by atoms with Crippen LogP contribution >= 0.6 is 0 Å². The Bertz CT molecular complexity index is 577. The van der Waals surface area contributed by atoms with Crippen LogP contribution in [0.5, 0.6) is 0 Å². The molecule has 3 rings (SSSR count). The number of aryl methyl sites for hydroxylation is 2. The molecule has 2 heterocycles. The van der Waals surface area contributed by atoms with E-state index >= 15 is 0 Å². The van der Waals surface area contributed by atoms with Crippen molar-refractivity contribution in [3.05, 3.63) is 18.2 Å². The largest absolute Gasteiger partial charge is 0.356 e. The summed E-state index contributed by atoms with van der Waals surface area (Å²) < 4.78 is 2.03. The van der Waals surface area contributed by atoms with E-state index in [0.717, 1.165) is 31.6 Å². The van der Waals surface area contributed by atoms with Crippen LogP contribution in [0.15, 0.2) is 12.4 Å². The smallest absolute Gasteiger partial charge is 0.223 e. The Hall–Kier alpha value is -1.85. The fraction of sp³-hybridized carbons (Fsp3) is 0.722. The van der Waals surface area contributed by atoms with Crippen molar-refractivity contribution in [1.82, 2.24) is 19.8 Å². The van der Waals surface area contributed by atoms with Gasteiger partial charge in [0.15, 0.2) is 0 Å². The number of aromatic nitrogens is 2. The highest BCUT2D eigenvalue weighted by atomic mass is 16.2. The van der Waals surface area contributed by atoms with Gasteiger partial charge in [0.25, 0.3) is 0 Å². The van der Waals surface area contributed by atoms with E-state index in [2.05, 4.69) is 22.1 Å². The number of hydrogen-bond acceptors (Lipinski definition) is 3. The van der Waals surface area contributed by atoms with Crippen LogP contribution in [0.4, 0.5) is 0 Å². The predicted molar refractivity (Wildman–Crippen MR) is 91.3 cm³/mol. The fourth-order valence-electron chi connectivity index (χ4n) is 3.94. The summed E-state index contributed by atoms with van der Waals surface area (Å²) in [5.41, 5.74) is 0. The Kier molecular flexibility index (Phi) is 5.53. The second kappa shape index (κ2) is 7.81. The Morgan fingerprint density at radius 2 is 2.17 bits per heavy atom. The van der Waals surface area contributed by atoms with Crippen LogP contribution in [0, 0.1) is 5.92 Å². The number of hydrogen-bond donors (Lipinski definition) is 1. The van der Waals surface area contributed by atoms with Crippen molar-refractivity contribution < 1.29 is 9.59 Å². The predicted octanol–water partition coefficient (Wildman–Crippen LogP) is 1.74. The molecular weight excluding hydrogens is 304 g/mol. The summed E-state index contributed by atoms with van der Waals surface area (Å²) in [5.74, 6) is 1.60. The quantitative estimate of drug-likeness (QED) is 0.827. The topological polar surface area (TPSA) is 67.2 Å². The lowest BCUT2D eigenvalue weighted by atomic mass is 10.1. The molecule has 1 aliphatic carbocycles. The van der Waals surface area contributed by atoms with Gasteiger partial charge >= 0.3 is 0 Å². The van der Waals surface area contributed by atoms with Crippen molar-refractivity contribution >= 4 is 11.8 Å². The molecule has 1 N–H and O–H groups in total. The molecule has 0 aromatic carbocycles. The minimum atomic E-state index is 0.0533. The molecule has 0 bridgehead atoms. The molecule has 132 valence electrons. The molecule has 1 aromatic rings. The van der Waals surface area contributed by atoms with Gasteiger partial charge < -0.3 is 14.8 Å². The lowest BCUT2D eigenvalue weighted by Crippen LogP contribution is -2.36. The van der Waals surface area contributed by atoms with Crippen molar-refractivity contribution in [1.29, 1.82) is 0 Å². The third kappa shape index (κ3) is 3.97. The maximum absolute atomic E-state index is 12.2. The van der Waals surface area contributed by atoms with Crippen molar-refractivity contribution in [2.24, 2.45) is 5.92 Å². The molecule has 1 saturated heterocycles. The van der Waals surface area contributed by atoms with E-state index < -0.39 is 0 Å². The standard InChI is InChI=1S/C18H28N4O2/c1-2-16-19-8-10-21(16)9-7-17(23)20-12-14-11-18(24)22(13-14)15-5-3-4-6-15/h8,10,14-15H,2-7,9,11-13H2,1H3,(H,20,23)/t14-/m1/s1. The molecule has 0 spiro atoms. The van der Waals surface area contributed by atoms with Crippen LogP contribution in [0.3, 0.4) is 0 Å². The molecule has 2 fully saturated rings. The minimum absolute atomic E-state index is 0.0533. The zero-order valence-electron chi connectivity index (χ0n) is 14.5. The van der Waals surface area contributed by atoms with Gasteiger partial charge in [-0.05, 0) is 12.8 Å². The molecule has 2 aliphatic rings. The number of rotatable bonds is 7. The van der Waals surface area contributed by atoms with Crippen LogP contribution < -0.4 is 5.32 Å². The lowest BCUT2D eigenvalue weighted by molar-refractivity contribution is -0.129. The maximum atomic E-state index is 12.2. The van der Waals surface area contributed by atoms with E-state index in [1.807, 2.05) is 10.8 Å². The Labute approximate surface area is 143 Å². The number of nitrogens with one attached hydrogen (secondary N) is 1. The van der Waals surface area contributed by atoms with Gasteiger partial charge in [-0.15, -0.1) is 0 Å². The van der Waals surface area contributed by atoms with E-state index in [1.54, 1.807) is 6.20 Å². The van der Waals surface area contributed by atoms with Gasteiger partial charge in [0.05, 0.1) is 0 Å². The molecule has 6 nitrogen and oxygen atoms in total. The van der Waals surface area contributed by atoms with Crippen LogP contribution in [0.2, 0.25) is 0 Å². The molecule has 6 heteroatoms. The van der Waals surface area contributed by atoms with Gasteiger partial charge in [-0.2, -0.15) is 0 Å². The lowest BCUT2D eigenvalue weighted by Gasteiger charge is -2.24. The van der Waals surface area contributed by atoms with Crippen molar-refractivity contribution in [2.45, 2.75) is 64.5 Å². The average Bonchev–Trinajstić information content (AvgIpc) is 3.31. The number of nitrogens with zero attached hydrogens (tertiary/aromatic N) is 3. The molecule has 0 radical (unpaired) electrons. The van der Waals surface area contributed by atoms with Crippen LogP contribution in [0.1, 0.15) is 51.3 Å². The van der Waals surface area contributed by atoms with Gasteiger partial charge in [0, 0.05) is 63.3 Å². The molecule has 1 aromatic heterocycles. The van der Waals surface area contributed by atoms with E-state index in [9.17, 15) is 9.59 Å². The number of carbonyl (C=O) groups excluding carboxylic acids is 2. The second-order valence-corrected chi connectivity index (χ2v) is 7.00. The number of amides is 2. The first-order valence-electron chi connectivity index (χ1n) is 9.23. The zero-order valence-corrected chi connectivity index (χ0v) is 14.5. The van der Waals surface area contributed by atoms with E-state index in [-0.39, 0.29) is 17.7 Å². The summed E-state index contributed by atoms with van der Waals surface area (Å²) in [6, 6.07) is 0.451. The Morgan fingerprint density at radius 3 is 2.92 bits per heavy atom. The molecule has 2 amide bonds. The first-order chi connectivity index (χ1) is 11.7. The van der Waals surface area contributed by atoms with Gasteiger partial charge in [0.2, 0.25) is 11.8 Å². The summed E-state index contributed by atoms with van der Waals surface area (Å²) in [5, 5.41) is 3.00. The van der Waals surface area contributed by atoms with Crippen LogP contribution in [-0.2, 0) is 22.6 Å². The van der Waals surface area contributed by atoms with E-state index in [4.69, 9.17) is 0 Å². The zero-order chi connectivity index (χ0) is 16.9. The number of imidazole rings is 1. The van der Waals surface area contributed by atoms with Crippen molar-refractivity contribution in [3.63, 3.8) is 0 Å². The number of likely N-dealkylation sites (tertiary alicyclic amines) is 1. The normalized spacial score (nSPS) is 21.6. The van der Waals surface area contributed by atoms with Gasteiger partial charge in [-0.25, -0.2) is 4.98 Å². The van der Waals surface area contributed by atoms with Crippen molar-refractivity contribution in [3.8, 4) is 0 Å². The van der Waals surface area contributed by atoms with E-state index in [1.165, 1.54) is 12.8 Å². The summed E-state index contributed by atoms with van der Waals surface area (Å²) in [4.78, 5) is 30.6. The fourth-order valence-corrected chi connectivity index (χ4v) is 3.94. The first kappa shape index (κ1) is 17.0. The van der Waals surface area contributed by atoms with Gasteiger partial charge in [0.1, 0.15) is 5.82 Å². The minimum Gasteiger partial charge on any atom is -0.356 e. The van der Waals surface area contributed by atoms with Crippen molar-refractivity contribution in [2.75, 3.05) is 13.1 Å². The first-order valence-corrected chi connectivity index (χ1v) is 9.23. The van der Waals surface area contributed by atoms with Crippen LogP contribution in [0.25, 0.3) is 0 Å². The molecule has 1 atom stereocenters. The number of carbonyl (C=O) groups is 2. The summed E-state index contributed by atoms with van der Waals surface area (Å²) in [6.07, 6.45) is 10.4. The molecule has 0 unspecified atom stereocenters. The molecule has 24 heavy (non-hydrogen) atoms. The maximum Gasteiger partial charge on any atom is 0.223 e. The Balaban J connectivity index is 1.39. The second-order valence-electron chi connectivity index (χ2n) is 7.00. The SMILES string of the molecule is CCc1nccn1CCC(=O)NC[C@H]1CC(=O)N(C2CCCC2)C1. The van der Waals surface area contributed by atoms with E-state index in [0.29, 0.717) is 32.0 Å². The summed E-state index contributed by atoms with van der Waals surface area (Å²) in [6.45, 7) is 4.14. The summed E-state index contributed by atoms with van der Waals surface area (Å²) in [7, 11) is 0. The van der Waals surface area contributed by atoms with Gasteiger partial charge in [-0.3, -0.25) is 9.59 Å². The third-order valence-corrected chi connectivity index (χ3v) is 5.29. The average molecular weight is 332 g/mol. The molecule has 1 saturated carbocycles. The summed E-state index contributed by atoms with van der Waals surface area (Å²) >= 11 is 0. The molecule has 1 aliphatic heterocycles. The third-order valence-electron chi connectivity index (χ3n) is 5.29. The highest BCUT2D eigenvalue weighted by molar-refractivity contribution is 5.79.